The Morgan fingerprint density at radius 2 is 1.57 bits per heavy atom. The fourth-order valence-electron chi connectivity index (χ4n) is 2.24. The van der Waals surface area contributed by atoms with E-state index in [1.54, 1.807) is 11.3 Å². The minimum atomic E-state index is 0.474. The van der Waals surface area contributed by atoms with Crippen molar-refractivity contribution in [3.63, 3.8) is 0 Å². The minimum Gasteiger partial charge on any atom is -0.236 e. The lowest BCUT2D eigenvalue weighted by Crippen LogP contribution is -1.87. The maximum Gasteiger partial charge on any atom is 0.124 e. The Morgan fingerprint density at radius 3 is 2.19 bits per heavy atom. The minimum absolute atomic E-state index is 0.474. The third-order valence-electron chi connectivity index (χ3n) is 3.32. The van der Waals surface area contributed by atoms with E-state index in [4.69, 9.17) is 4.98 Å². The van der Waals surface area contributed by atoms with Crippen LogP contribution in [0.5, 0.6) is 0 Å². The average molecular weight is 358 g/mol. The summed E-state index contributed by atoms with van der Waals surface area (Å²) in [5.41, 5.74) is 3.49. The first-order valence-electron chi connectivity index (χ1n) is 6.97. The average Bonchev–Trinajstić information content (AvgIpc) is 2.94. The number of halogens is 1. The van der Waals surface area contributed by atoms with Gasteiger partial charge in [0.2, 0.25) is 0 Å². The molecule has 0 unspecified atom stereocenters. The van der Waals surface area contributed by atoms with Crippen LogP contribution in [0.1, 0.15) is 24.6 Å². The van der Waals surface area contributed by atoms with E-state index in [9.17, 15) is 0 Å². The third kappa shape index (κ3) is 3.09. The zero-order chi connectivity index (χ0) is 14.8. The van der Waals surface area contributed by atoms with Crippen molar-refractivity contribution in [2.24, 2.45) is 0 Å². The molecule has 1 nitrogen and oxygen atoms in total. The van der Waals surface area contributed by atoms with Crippen LogP contribution in [0, 0.1) is 0 Å². The van der Waals surface area contributed by atoms with Crippen molar-refractivity contribution in [2.75, 3.05) is 0 Å². The van der Waals surface area contributed by atoms with Crippen LogP contribution in [0.2, 0.25) is 0 Å². The molecule has 0 spiro atoms. The molecule has 0 radical (unpaired) electrons. The number of hydrogen-bond acceptors (Lipinski definition) is 2. The van der Waals surface area contributed by atoms with Crippen LogP contribution in [0.15, 0.2) is 59.1 Å². The van der Waals surface area contributed by atoms with Gasteiger partial charge in [-0.1, -0.05) is 72.2 Å². The molecule has 2 aromatic carbocycles. The second kappa shape index (κ2) is 6.12. The van der Waals surface area contributed by atoms with E-state index in [0.717, 1.165) is 15.2 Å². The molecule has 1 heterocycles. The maximum atomic E-state index is 4.90. The standard InChI is InChI=1S/C18H16BrNS/c1-12(2)17-16(13-6-4-3-5-7-13)20-18(21-17)14-8-10-15(19)11-9-14/h3-12H,1-2H3. The lowest BCUT2D eigenvalue weighted by molar-refractivity contribution is 0.888. The molecule has 3 aromatic rings. The van der Waals surface area contributed by atoms with Gasteiger partial charge in [0.15, 0.2) is 0 Å². The summed E-state index contributed by atoms with van der Waals surface area (Å²) in [6, 6.07) is 18.8. The van der Waals surface area contributed by atoms with Gasteiger partial charge < -0.3 is 0 Å². The maximum absolute atomic E-state index is 4.90. The van der Waals surface area contributed by atoms with Crippen molar-refractivity contribution in [3.05, 3.63) is 63.9 Å². The lowest BCUT2D eigenvalue weighted by atomic mass is 10.1. The topological polar surface area (TPSA) is 12.9 Å². The molecule has 0 aliphatic carbocycles. The van der Waals surface area contributed by atoms with Crippen LogP contribution < -0.4 is 0 Å². The first-order valence-corrected chi connectivity index (χ1v) is 8.58. The number of aromatic nitrogens is 1. The van der Waals surface area contributed by atoms with Gasteiger partial charge in [0, 0.05) is 20.5 Å². The van der Waals surface area contributed by atoms with Gasteiger partial charge in [0.05, 0.1) is 5.69 Å². The Bertz CT molecular complexity index is 730. The highest BCUT2D eigenvalue weighted by atomic mass is 79.9. The van der Waals surface area contributed by atoms with Gasteiger partial charge in [-0.15, -0.1) is 11.3 Å². The predicted molar refractivity (Wildman–Crippen MR) is 94.8 cm³/mol. The normalized spacial score (nSPS) is 11.0. The molecular formula is C18H16BrNS. The second-order valence-electron chi connectivity index (χ2n) is 5.26. The summed E-state index contributed by atoms with van der Waals surface area (Å²) in [5, 5.41) is 1.09. The van der Waals surface area contributed by atoms with E-state index in [1.807, 2.05) is 6.07 Å². The van der Waals surface area contributed by atoms with Gasteiger partial charge in [0.25, 0.3) is 0 Å². The number of thiazole rings is 1. The summed E-state index contributed by atoms with van der Waals surface area (Å²) in [5.74, 6) is 0.474. The highest BCUT2D eigenvalue weighted by molar-refractivity contribution is 9.10. The molecule has 0 aliphatic heterocycles. The van der Waals surface area contributed by atoms with Gasteiger partial charge in [-0.2, -0.15) is 0 Å². The fraction of sp³-hybridized carbons (Fsp3) is 0.167. The first-order chi connectivity index (χ1) is 10.1. The van der Waals surface area contributed by atoms with Gasteiger partial charge in [0.1, 0.15) is 5.01 Å². The molecule has 0 saturated carbocycles. The number of hydrogen-bond donors (Lipinski definition) is 0. The predicted octanol–water partition coefficient (Wildman–Crippen LogP) is 6.36. The Morgan fingerprint density at radius 1 is 0.905 bits per heavy atom. The summed E-state index contributed by atoms with van der Waals surface area (Å²) in [6.07, 6.45) is 0. The van der Waals surface area contributed by atoms with E-state index in [-0.39, 0.29) is 0 Å². The van der Waals surface area contributed by atoms with Gasteiger partial charge in [-0.25, -0.2) is 4.98 Å². The van der Waals surface area contributed by atoms with Crippen molar-refractivity contribution in [1.82, 2.24) is 4.98 Å². The summed E-state index contributed by atoms with van der Waals surface area (Å²) in [4.78, 5) is 6.25. The highest BCUT2D eigenvalue weighted by Crippen LogP contribution is 2.38. The van der Waals surface area contributed by atoms with Crippen LogP contribution in [0.4, 0.5) is 0 Å². The molecule has 3 heteroatoms. The van der Waals surface area contributed by atoms with E-state index < -0.39 is 0 Å². The smallest absolute Gasteiger partial charge is 0.124 e. The van der Waals surface area contributed by atoms with Gasteiger partial charge in [-0.05, 0) is 18.1 Å². The van der Waals surface area contributed by atoms with E-state index >= 15 is 0 Å². The van der Waals surface area contributed by atoms with E-state index in [0.29, 0.717) is 5.92 Å². The molecule has 106 valence electrons. The largest absolute Gasteiger partial charge is 0.236 e. The molecular weight excluding hydrogens is 342 g/mol. The highest BCUT2D eigenvalue weighted by Gasteiger charge is 2.16. The SMILES string of the molecule is CC(C)c1sc(-c2ccc(Br)cc2)nc1-c1ccccc1. The first kappa shape index (κ1) is 14.5. The van der Waals surface area contributed by atoms with E-state index in [1.165, 1.54) is 16.0 Å². The third-order valence-corrected chi connectivity index (χ3v) is 5.25. The van der Waals surface area contributed by atoms with Crippen molar-refractivity contribution in [1.29, 1.82) is 0 Å². The number of rotatable bonds is 3. The Labute approximate surface area is 137 Å². The molecule has 3 rings (SSSR count). The molecule has 21 heavy (non-hydrogen) atoms. The zero-order valence-corrected chi connectivity index (χ0v) is 14.4. The summed E-state index contributed by atoms with van der Waals surface area (Å²) in [6.45, 7) is 4.45. The summed E-state index contributed by atoms with van der Waals surface area (Å²) >= 11 is 5.28. The van der Waals surface area contributed by atoms with Crippen molar-refractivity contribution in [3.8, 4) is 21.8 Å². The lowest BCUT2D eigenvalue weighted by Gasteiger charge is -2.04. The van der Waals surface area contributed by atoms with Crippen molar-refractivity contribution >= 4 is 27.3 Å². The van der Waals surface area contributed by atoms with Crippen LogP contribution in [0.25, 0.3) is 21.8 Å². The monoisotopic (exact) mass is 357 g/mol. The molecule has 0 fully saturated rings. The van der Waals surface area contributed by atoms with Crippen LogP contribution >= 0.6 is 27.3 Å². The van der Waals surface area contributed by atoms with Crippen molar-refractivity contribution in [2.45, 2.75) is 19.8 Å². The molecule has 0 N–H and O–H groups in total. The Kier molecular flexibility index (Phi) is 4.22. The van der Waals surface area contributed by atoms with Crippen LogP contribution in [0.3, 0.4) is 0 Å². The van der Waals surface area contributed by atoms with Gasteiger partial charge in [-0.3, -0.25) is 0 Å². The zero-order valence-electron chi connectivity index (χ0n) is 12.0. The molecule has 1 aromatic heterocycles. The molecule has 0 bridgehead atoms. The molecule has 0 amide bonds. The molecule has 0 atom stereocenters. The van der Waals surface area contributed by atoms with Crippen LogP contribution in [-0.4, -0.2) is 4.98 Å². The van der Waals surface area contributed by atoms with E-state index in [2.05, 4.69) is 78.3 Å². The Hall–Kier alpha value is -1.45. The fourth-order valence-corrected chi connectivity index (χ4v) is 3.60. The Balaban J connectivity index is 2.11. The molecule has 0 aliphatic rings. The quantitative estimate of drug-likeness (QED) is 0.531. The molecule has 0 saturated heterocycles. The number of nitrogens with zero attached hydrogens (tertiary/aromatic N) is 1. The van der Waals surface area contributed by atoms with Crippen LogP contribution in [-0.2, 0) is 0 Å². The second-order valence-corrected chi connectivity index (χ2v) is 7.21. The van der Waals surface area contributed by atoms with Gasteiger partial charge >= 0.3 is 0 Å². The summed E-state index contributed by atoms with van der Waals surface area (Å²) in [7, 11) is 0. The number of benzene rings is 2. The summed E-state index contributed by atoms with van der Waals surface area (Å²) < 4.78 is 1.09. The van der Waals surface area contributed by atoms with Crippen molar-refractivity contribution < 1.29 is 0 Å².